The molecule has 2 aliphatic rings. The number of carbonyl (C=O) groups excluding carboxylic acids is 3. The van der Waals surface area contributed by atoms with Gasteiger partial charge in [0.15, 0.2) is 5.57 Å². The number of benzene rings is 1. The van der Waals surface area contributed by atoms with Crippen LogP contribution in [0.25, 0.3) is 0 Å². The summed E-state index contributed by atoms with van der Waals surface area (Å²) in [5, 5.41) is 2.96. The number of anilines is 2. The average Bonchev–Trinajstić information content (AvgIpc) is 2.57. The summed E-state index contributed by atoms with van der Waals surface area (Å²) in [6, 6.07) is 5.63. The van der Waals surface area contributed by atoms with E-state index in [1.807, 2.05) is 43.9 Å². The van der Waals surface area contributed by atoms with E-state index >= 15 is 0 Å². The fraction of sp³-hybridized carbons (Fsp3) is 0.476. The van der Waals surface area contributed by atoms with Crippen molar-refractivity contribution in [1.82, 2.24) is 0 Å². The van der Waals surface area contributed by atoms with Gasteiger partial charge in [-0.3, -0.25) is 4.79 Å². The van der Waals surface area contributed by atoms with Crippen LogP contribution in [0.15, 0.2) is 30.0 Å². The summed E-state index contributed by atoms with van der Waals surface area (Å²) in [6.45, 7) is 9.44. The fourth-order valence-corrected chi connectivity index (χ4v) is 3.24. The summed E-state index contributed by atoms with van der Waals surface area (Å²) in [6.07, 6.45) is 3.03. The van der Waals surface area contributed by atoms with E-state index in [4.69, 9.17) is 9.47 Å². The third kappa shape index (κ3) is 4.03. The van der Waals surface area contributed by atoms with Crippen LogP contribution in [-0.4, -0.2) is 30.2 Å². The maximum atomic E-state index is 12.7. The molecule has 1 aromatic carbocycles. The van der Waals surface area contributed by atoms with E-state index in [1.165, 1.54) is 20.0 Å². The van der Waals surface area contributed by atoms with Crippen LogP contribution >= 0.6 is 0 Å². The number of carbonyl (C=O) groups is 3. The number of cyclic esters (lactones) is 2. The van der Waals surface area contributed by atoms with Crippen molar-refractivity contribution in [2.24, 2.45) is 5.41 Å². The van der Waals surface area contributed by atoms with Gasteiger partial charge in [-0.1, -0.05) is 20.8 Å². The lowest BCUT2D eigenvalue weighted by Crippen LogP contribution is -2.42. The van der Waals surface area contributed by atoms with Crippen LogP contribution in [0.4, 0.5) is 11.4 Å². The van der Waals surface area contributed by atoms with Crippen molar-refractivity contribution in [1.29, 1.82) is 0 Å². The summed E-state index contributed by atoms with van der Waals surface area (Å²) in [5.41, 5.74) is 2.01. The molecule has 0 aliphatic carbocycles. The molecule has 3 rings (SSSR count). The normalized spacial score (nSPS) is 18.8. The lowest BCUT2D eigenvalue weighted by atomic mass is 9.92. The summed E-state index contributed by atoms with van der Waals surface area (Å²) in [7, 11) is 0. The molecule has 0 radical (unpaired) electrons. The van der Waals surface area contributed by atoms with Crippen molar-refractivity contribution in [2.45, 2.75) is 53.2 Å². The molecule has 2 heterocycles. The minimum absolute atomic E-state index is 0.0894. The molecule has 1 amide bonds. The second-order valence-corrected chi connectivity index (χ2v) is 8.54. The Labute approximate surface area is 164 Å². The monoisotopic (exact) mass is 386 g/mol. The zero-order valence-electron chi connectivity index (χ0n) is 16.9. The number of amides is 1. The van der Waals surface area contributed by atoms with Gasteiger partial charge in [-0.05, 0) is 36.6 Å². The molecular weight excluding hydrogens is 360 g/mol. The molecule has 0 bridgehead atoms. The van der Waals surface area contributed by atoms with Crippen LogP contribution in [0.3, 0.4) is 0 Å². The van der Waals surface area contributed by atoms with E-state index in [9.17, 15) is 14.4 Å². The van der Waals surface area contributed by atoms with Gasteiger partial charge in [0.05, 0.1) is 0 Å². The number of hydrogen-bond acceptors (Lipinski definition) is 6. The first-order chi connectivity index (χ1) is 13.0. The van der Waals surface area contributed by atoms with Gasteiger partial charge in [0.25, 0.3) is 5.79 Å². The third-order valence-corrected chi connectivity index (χ3v) is 4.58. The number of hydrogen-bond donors (Lipinski definition) is 1. The van der Waals surface area contributed by atoms with E-state index < -0.39 is 23.1 Å². The highest BCUT2D eigenvalue weighted by Gasteiger charge is 2.39. The molecule has 0 aromatic heterocycles. The highest BCUT2D eigenvalue weighted by Crippen LogP contribution is 2.33. The number of fused-ring (bicyclic) bond motifs is 1. The average molecular weight is 386 g/mol. The second kappa shape index (κ2) is 6.96. The van der Waals surface area contributed by atoms with Crippen molar-refractivity contribution in [3.8, 4) is 0 Å². The standard InChI is InChI=1S/C21H26N2O5/c1-20(2,3)19(26)23-10-6-7-13-11-14(8-9-16(13)23)22-12-15-17(24)27-21(4,5)28-18(15)25/h8-9,11-12,22H,6-7,10H2,1-5H3. The Bertz CT molecular complexity index is 842. The van der Waals surface area contributed by atoms with Crippen molar-refractivity contribution in [3.05, 3.63) is 35.5 Å². The minimum Gasteiger partial charge on any atom is -0.419 e. The lowest BCUT2D eigenvalue weighted by Gasteiger charge is -2.34. The Morgan fingerprint density at radius 2 is 1.82 bits per heavy atom. The van der Waals surface area contributed by atoms with Gasteiger partial charge in [0.1, 0.15) is 0 Å². The highest BCUT2D eigenvalue weighted by atomic mass is 16.7. The topological polar surface area (TPSA) is 84.9 Å². The first kappa shape index (κ1) is 19.9. The number of aryl methyl sites for hydroxylation is 1. The molecule has 7 nitrogen and oxygen atoms in total. The van der Waals surface area contributed by atoms with Gasteiger partial charge >= 0.3 is 11.9 Å². The molecule has 7 heteroatoms. The van der Waals surface area contributed by atoms with Gasteiger partial charge in [0.2, 0.25) is 5.91 Å². The molecule has 0 atom stereocenters. The van der Waals surface area contributed by atoms with Crippen LogP contribution in [0, 0.1) is 5.41 Å². The summed E-state index contributed by atoms with van der Waals surface area (Å²) in [4.78, 5) is 38.6. The maximum absolute atomic E-state index is 12.7. The van der Waals surface area contributed by atoms with Gasteiger partial charge in [0, 0.05) is 43.4 Å². The van der Waals surface area contributed by atoms with E-state index in [1.54, 1.807) is 0 Å². The van der Waals surface area contributed by atoms with Crippen molar-refractivity contribution >= 4 is 29.2 Å². The Kier molecular flexibility index (Phi) is 4.95. The predicted octanol–water partition coefficient (Wildman–Crippen LogP) is 3.14. The molecule has 1 aromatic rings. The number of nitrogens with zero attached hydrogens (tertiary/aromatic N) is 1. The van der Waals surface area contributed by atoms with E-state index in [2.05, 4.69) is 5.32 Å². The highest BCUT2D eigenvalue weighted by molar-refractivity contribution is 6.15. The zero-order chi connectivity index (χ0) is 20.7. The fourth-order valence-electron chi connectivity index (χ4n) is 3.24. The van der Waals surface area contributed by atoms with Crippen LogP contribution in [0.1, 0.15) is 46.6 Å². The van der Waals surface area contributed by atoms with Crippen molar-refractivity contribution in [3.63, 3.8) is 0 Å². The Balaban J connectivity index is 1.80. The summed E-state index contributed by atoms with van der Waals surface area (Å²) < 4.78 is 10.1. The summed E-state index contributed by atoms with van der Waals surface area (Å²) in [5.74, 6) is -2.63. The number of nitrogens with one attached hydrogen (secondary N) is 1. The van der Waals surface area contributed by atoms with Gasteiger partial charge in [-0.25, -0.2) is 9.59 Å². The molecule has 150 valence electrons. The van der Waals surface area contributed by atoms with Gasteiger partial charge < -0.3 is 19.7 Å². The van der Waals surface area contributed by atoms with Gasteiger partial charge in [-0.2, -0.15) is 0 Å². The van der Waals surface area contributed by atoms with Crippen LogP contribution < -0.4 is 10.2 Å². The molecular formula is C21H26N2O5. The smallest absolute Gasteiger partial charge is 0.350 e. The first-order valence-electron chi connectivity index (χ1n) is 9.36. The largest absolute Gasteiger partial charge is 0.419 e. The van der Waals surface area contributed by atoms with E-state index in [0.717, 1.165) is 24.1 Å². The van der Waals surface area contributed by atoms with Crippen LogP contribution in [0.5, 0.6) is 0 Å². The van der Waals surface area contributed by atoms with E-state index in [0.29, 0.717) is 12.2 Å². The molecule has 0 spiro atoms. The molecule has 2 aliphatic heterocycles. The van der Waals surface area contributed by atoms with Crippen LogP contribution in [0.2, 0.25) is 0 Å². The Morgan fingerprint density at radius 3 is 2.43 bits per heavy atom. The van der Waals surface area contributed by atoms with Crippen molar-refractivity contribution < 1.29 is 23.9 Å². The predicted molar refractivity (Wildman–Crippen MR) is 105 cm³/mol. The summed E-state index contributed by atoms with van der Waals surface area (Å²) >= 11 is 0. The maximum Gasteiger partial charge on any atom is 0.350 e. The van der Waals surface area contributed by atoms with E-state index in [-0.39, 0.29) is 11.5 Å². The molecule has 1 fully saturated rings. The molecule has 0 saturated carbocycles. The minimum atomic E-state index is -1.26. The Hall–Kier alpha value is -2.83. The molecule has 0 unspecified atom stereocenters. The van der Waals surface area contributed by atoms with Crippen LogP contribution in [-0.2, 0) is 30.3 Å². The molecule has 1 saturated heterocycles. The Morgan fingerprint density at radius 1 is 1.18 bits per heavy atom. The molecule has 28 heavy (non-hydrogen) atoms. The first-order valence-corrected chi connectivity index (χ1v) is 9.36. The quantitative estimate of drug-likeness (QED) is 0.477. The number of esters is 2. The third-order valence-electron chi connectivity index (χ3n) is 4.58. The number of ether oxygens (including phenoxy) is 2. The second-order valence-electron chi connectivity index (χ2n) is 8.54. The molecule has 1 N–H and O–H groups in total. The zero-order valence-corrected chi connectivity index (χ0v) is 16.9. The van der Waals surface area contributed by atoms with Gasteiger partial charge in [-0.15, -0.1) is 0 Å². The SMILES string of the molecule is CC1(C)OC(=O)C(=CNc2ccc3c(c2)CCCN3C(=O)C(C)(C)C)C(=O)O1. The lowest BCUT2D eigenvalue weighted by molar-refractivity contribution is -0.222. The number of rotatable bonds is 2. The van der Waals surface area contributed by atoms with Crippen molar-refractivity contribution in [2.75, 3.05) is 16.8 Å².